The van der Waals surface area contributed by atoms with E-state index in [-0.39, 0.29) is 44.6 Å². The smallest absolute Gasteiger partial charge is 0.229 e. The van der Waals surface area contributed by atoms with Crippen LogP contribution >= 0.6 is 11.6 Å². The highest BCUT2D eigenvalue weighted by atomic mass is 35.5. The number of para-hydroxylation sites is 1. The van der Waals surface area contributed by atoms with Crippen molar-refractivity contribution in [3.05, 3.63) is 64.8 Å². The zero-order valence-electron chi connectivity index (χ0n) is 26.9. The Bertz CT molecular complexity index is 1720. The molecule has 0 unspecified atom stereocenters. The molecule has 1 aromatic heterocycles. The summed E-state index contributed by atoms with van der Waals surface area (Å²) in [6.45, 7) is 16.2. The number of rotatable bonds is 10. The summed E-state index contributed by atoms with van der Waals surface area (Å²) in [5.74, 6) is 0.0428. The standard InChI is InChI=1S/C33H42ClN5O4S/c1-20(2)43-28-15-24(23-16-32(5,6)39(9)33(7,8)17-23)21(3)14-27(28)37-31-35-18-25(34)30(38-31)36-26-12-10-11-13-29(26)44(41,42)19-22(4)40/h10-16,18,20H,17,19H2,1-9H3,(H2,35,36,37,38). The Morgan fingerprint density at radius 1 is 1.11 bits per heavy atom. The van der Waals surface area contributed by atoms with Gasteiger partial charge in [-0.25, -0.2) is 13.4 Å². The number of ketones is 1. The van der Waals surface area contributed by atoms with E-state index in [1.807, 2.05) is 19.9 Å². The zero-order chi connectivity index (χ0) is 32.6. The first-order valence-electron chi connectivity index (χ1n) is 14.5. The third-order valence-corrected chi connectivity index (χ3v) is 9.91. The average molecular weight is 640 g/mol. The minimum absolute atomic E-state index is 0.0206. The van der Waals surface area contributed by atoms with Gasteiger partial charge in [0.15, 0.2) is 15.7 Å². The third kappa shape index (κ3) is 7.42. The van der Waals surface area contributed by atoms with Crippen molar-refractivity contribution in [2.45, 2.75) is 83.9 Å². The van der Waals surface area contributed by atoms with Gasteiger partial charge in [-0.15, -0.1) is 0 Å². The van der Waals surface area contributed by atoms with Crippen molar-refractivity contribution >= 4 is 55.9 Å². The molecule has 0 bridgehead atoms. The van der Waals surface area contributed by atoms with Crippen LogP contribution in [0.5, 0.6) is 5.75 Å². The van der Waals surface area contributed by atoms with Crippen LogP contribution in [0.3, 0.4) is 0 Å². The SMILES string of the molecule is CC(=O)CS(=O)(=O)c1ccccc1Nc1nc(Nc2cc(C)c(C3=CC(C)(C)N(C)C(C)(C)C3)cc2OC(C)C)ncc1Cl. The molecule has 0 radical (unpaired) electrons. The Kier molecular flexibility index (Phi) is 9.49. The van der Waals surface area contributed by atoms with E-state index in [1.165, 1.54) is 24.8 Å². The van der Waals surface area contributed by atoms with Gasteiger partial charge in [-0.2, -0.15) is 4.98 Å². The van der Waals surface area contributed by atoms with Crippen molar-refractivity contribution in [1.82, 2.24) is 14.9 Å². The molecule has 3 aromatic rings. The van der Waals surface area contributed by atoms with E-state index >= 15 is 0 Å². The van der Waals surface area contributed by atoms with Crippen LogP contribution in [0.4, 0.5) is 23.1 Å². The number of hydrogen-bond acceptors (Lipinski definition) is 9. The molecule has 236 valence electrons. The van der Waals surface area contributed by atoms with E-state index in [0.717, 1.165) is 17.5 Å². The fourth-order valence-electron chi connectivity index (χ4n) is 5.54. The van der Waals surface area contributed by atoms with Gasteiger partial charge in [0, 0.05) is 11.1 Å². The number of aryl methyl sites for hydroxylation is 1. The van der Waals surface area contributed by atoms with Crippen molar-refractivity contribution in [1.29, 1.82) is 0 Å². The molecule has 0 aliphatic carbocycles. The molecule has 0 spiro atoms. The maximum atomic E-state index is 12.9. The topological polar surface area (TPSA) is 114 Å². The lowest BCUT2D eigenvalue weighted by atomic mass is 9.78. The third-order valence-electron chi connectivity index (χ3n) is 7.82. The van der Waals surface area contributed by atoms with E-state index in [9.17, 15) is 13.2 Å². The molecular weight excluding hydrogens is 598 g/mol. The van der Waals surface area contributed by atoms with Crippen LogP contribution in [0.15, 0.2) is 53.6 Å². The summed E-state index contributed by atoms with van der Waals surface area (Å²) < 4.78 is 32.0. The number of sulfone groups is 1. The first kappa shape index (κ1) is 33.4. The van der Waals surface area contributed by atoms with Gasteiger partial charge in [0.05, 0.1) is 28.6 Å². The van der Waals surface area contributed by atoms with Crippen LogP contribution in [0, 0.1) is 6.92 Å². The fraction of sp³-hybridized carbons (Fsp3) is 0.424. The Morgan fingerprint density at radius 3 is 2.43 bits per heavy atom. The summed E-state index contributed by atoms with van der Waals surface area (Å²) >= 11 is 6.44. The van der Waals surface area contributed by atoms with Crippen molar-refractivity contribution in [2.75, 3.05) is 23.4 Å². The van der Waals surface area contributed by atoms with E-state index in [2.05, 4.69) is 79.3 Å². The molecule has 2 aromatic carbocycles. The molecule has 0 atom stereocenters. The summed E-state index contributed by atoms with van der Waals surface area (Å²) in [5.41, 5.74) is 4.26. The van der Waals surface area contributed by atoms with Crippen molar-refractivity contribution in [2.24, 2.45) is 0 Å². The highest BCUT2D eigenvalue weighted by Crippen LogP contribution is 2.43. The minimum atomic E-state index is -3.87. The highest BCUT2D eigenvalue weighted by Gasteiger charge is 2.39. The fourth-order valence-corrected chi connectivity index (χ4v) is 7.11. The number of nitrogens with zero attached hydrogens (tertiary/aromatic N) is 3. The van der Waals surface area contributed by atoms with Gasteiger partial charge in [-0.05, 0) is 110 Å². The summed E-state index contributed by atoms with van der Waals surface area (Å²) in [6, 6.07) is 10.4. The second kappa shape index (κ2) is 12.5. The van der Waals surface area contributed by atoms with Crippen molar-refractivity contribution in [3.63, 3.8) is 0 Å². The molecular formula is C33H42ClN5O4S. The molecule has 2 heterocycles. The zero-order valence-corrected chi connectivity index (χ0v) is 28.4. The van der Waals surface area contributed by atoms with Crippen molar-refractivity contribution in [3.8, 4) is 5.75 Å². The monoisotopic (exact) mass is 639 g/mol. The number of Topliss-reactive ketones (excluding diaryl/α,β-unsaturated/α-hetero) is 1. The van der Waals surface area contributed by atoms with E-state index in [1.54, 1.807) is 18.2 Å². The maximum absolute atomic E-state index is 12.9. The number of aromatic nitrogens is 2. The Morgan fingerprint density at radius 2 is 1.80 bits per heavy atom. The van der Waals surface area contributed by atoms with E-state index in [0.29, 0.717) is 11.4 Å². The number of nitrogens with one attached hydrogen (secondary N) is 2. The van der Waals surface area contributed by atoms with Gasteiger partial charge in [0.2, 0.25) is 5.95 Å². The lowest BCUT2D eigenvalue weighted by Crippen LogP contribution is -2.54. The second-order valence-electron chi connectivity index (χ2n) is 12.8. The Labute approximate surface area is 266 Å². The second-order valence-corrected chi connectivity index (χ2v) is 15.2. The Hall–Kier alpha value is -3.47. The lowest BCUT2D eigenvalue weighted by molar-refractivity contribution is -0.114. The van der Waals surface area contributed by atoms with Crippen LogP contribution in [0.1, 0.15) is 66.0 Å². The Balaban J connectivity index is 1.71. The lowest BCUT2D eigenvalue weighted by Gasteiger charge is -2.49. The van der Waals surface area contributed by atoms with Crippen molar-refractivity contribution < 1.29 is 17.9 Å². The molecule has 0 saturated heterocycles. The van der Waals surface area contributed by atoms with Gasteiger partial charge >= 0.3 is 0 Å². The normalized spacial score (nSPS) is 16.4. The average Bonchev–Trinajstić information content (AvgIpc) is 2.89. The number of ether oxygens (including phenoxy) is 1. The van der Waals surface area contributed by atoms with Gasteiger partial charge in [0.25, 0.3) is 0 Å². The molecule has 44 heavy (non-hydrogen) atoms. The van der Waals surface area contributed by atoms with Gasteiger partial charge in [-0.1, -0.05) is 29.8 Å². The first-order valence-corrected chi connectivity index (χ1v) is 16.6. The molecule has 0 amide bonds. The quantitative estimate of drug-likeness (QED) is 0.235. The number of carbonyl (C=O) groups is 1. The van der Waals surface area contributed by atoms with Crippen LogP contribution in [0.2, 0.25) is 5.02 Å². The summed E-state index contributed by atoms with van der Waals surface area (Å²) in [5, 5.41) is 6.49. The molecule has 11 heteroatoms. The number of anilines is 4. The minimum Gasteiger partial charge on any atom is -0.489 e. The number of carbonyl (C=O) groups excluding carboxylic acids is 1. The van der Waals surface area contributed by atoms with Gasteiger partial charge in [0.1, 0.15) is 22.3 Å². The molecule has 0 saturated carbocycles. The summed E-state index contributed by atoms with van der Waals surface area (Å²) in [4.78, 5) is 22.9. The summed E-state index contributed by atoms with van der Waals surface area (Å²) in [6.07, 6.45) is 4.58. The predicted molar refractivity (Wildman–Crippen MR) is 178 cm³/mol. The molecule has 1 aliphatic heterocycles. The van der Waals surface area contributed by atoms with Crippen LogP contribution in [-0.2, 0) is 14.6 Å². The number of likely N-dealkylation sites (N-methyl/N-ethyl adjacent to an activating group) is 1. The highest BCUT2D eigenvalue weighted by molar-refractivity contribution is 7.92. The van der Waals surface area contributed by atoms with Gasteiger partial charge < -0.3 is 15.4 Å². The molecule has 4 rings (SSSR count). The van der Waals surface area contributed by atoms with Crippen LogP contribution < -0.4 is 15.4 Å². The summed E-state index contributed by atoms with van der Waals surface area (Å²) in [7, 11) is -1.71. The number of hydrogen-bond donors (Lipinski definition) is 2. The molecule has 2 N–H and O–H groups in total. The largest absolute Gasteiger partial charge is 0.489 e. The number of benzene rings is 2. The first-order chi connectivity index (χ1) is 20.4. The van der Waals surface area contributed by atoms with Crippen LogP contribution in [0.25, 0.3) is 5.57 Å². The van der Waals surface area contributed by atoms with Gasteiger partial charge in [-0.3, -0.25) is 9.69 Å². The van der Waals surface area contributed by atoms with E-state index in [4.69, 9.17) is 16.3 Å². The maximum Gasteiger partial charge on any atom is 0.229 e. The van der Waals surface area contributed by atoms with Crippen LogP contribution in [-0.4, -0.2) is 59.1 Å². The molecule has 1 aliphatic rings. The van der Waals surface area contributed by atoms with E-state index < -0.39 is 21.4 Å². The number of halogens is 1. The predicted octanol–water partition coefficient (Wildman–Crippen LogP) is 7.35. The molecule has 9 nitrogen and oxygen atoms in total. The molecule has 0 fully saturated rings.